The third-order valence-corrected chi connectivity index (χ3v) is 2.92. The van der Waals surface area contributed by atoms with Crippen LogP contribution in [0.2, 0.25) is 0 Å². The Hall–Kier alpha value is -2.31. The van der Waals surface area contributed by atoms with Crippen molar-refractivity contribution in [2.24, 2.45) is 0 Å². The van der Waals surface area contributed by atoms with E-state index in [4.69, 9.17) is 0 Å². The van der Waals surface area contributed by atoms with E-state index < -0.39 is 6.43 Å². The van der Waals surface area contributed by atoms with E-state index in [1.807, 2.05) is 0 Å². The number of aryl methyl sites for hydroxylation is 1. The van der Waals surface area contributed by atoms with Gasteiger partial charge in [-0.15, -0.1) is 0 Å². The van der Waals surface area contributed by atoms with Crippen LogP contribution >= 0.6 is 0 Å². The molecular weight excluding hydrogens is 283 g/mol. The van der Waals surface area contributed by atoms with E-state index in [1.54, 1.807) is 19.1 Å². The molecule has 0 atom stereocenters. The summed E-state index contributed by atoms with van der Waals surface area (Å²) in [6.45, 7) is 1.70. The molecule has 0 aliphatic rings. The number of alkyl halides is 2. The van der Waals surface area contributed by atoms with Gasteiger partial charge in [0.2, 0.25) is 5.91 Å². The fourth-order valence-corrected chi connectivity index (χ4v) is 1.80. The maximum atomic E-state index is 12.7. The number of nitrogens with one attached hydrogen (secondary N) is 1. The normalized spacial score (nSPS) is 10.9. The second-order valence-corrected chi connectivity index (χ2v) is 4.57. The van der Waals surface area contributed by atoms with Crippen LogP contribution in [0.25, 0.3) is 0 Å². The quantitative estimate of drug-likeness (QED) is 0.922. The van der Waals surface area contributed by atoms with Crippen molar-refractivity contribution in [3.63, 3.8) is 0 Å². The summed E-state index contributed by atoms with van der Waals surface area (Å²) in [7, 11) is 0. The van der Waals surface area contributed by atoms with Crippen molar-refractivity contribution in [3.8, 4) is 0 Å². The summed E-state index contributed by atoms with van der Waals surface area (Å²) < 4.78 is 38.9. The Balaban J connectivity index is 1.91. The first kappa shape index (κ1) is 15.1. The number of rotatable bonds is 5. The van der Waals surface area contributed by atoms with Gasteiger partial charge in [0.05, 0.1) is 0 Å². The van der Waals surface area contributed by atoms with Crippen molar-refractivity contribution in [3.05, 3.63) is 53.1 Å². The number of hydrogen-bond donors (Lipinski definition) is 1. The molecule has 0 saturated carbocycles. The monoisotopic (exact) mass is 297 g/mol. The highest BCUT2D eigenvalue weighted by Gasteiger charge is 2.14. The smallest absolute Gasteiger partial charge is 0.282 e. The predicted octanol–water partition coefficient (Wildman–Crippen LogP) is 2.58. The minimum absolute atomic E-state index is 0.139. The van der Waals surface area contributed by atoms with E-state index in [1.165, 1.54) is 22.9 Å². The Bertz CT molecular complexity index is 623. The molecule has 1 aromatic heterocycles. The van der Waals surface area contributed by atoms with Gasteiger partial charge in [0.1, 0.15) is 18.1 Å². The first-order valence-corrected chi connectivity index (χ1v) is 6.29. The highest BCUT2D eigenvalue weighted by Crippen LogP contribution is 2.17. The van der Waals surface area contributed by atoms with Crippen molar-refractivity contribution in [1.82, 2.24) is 15.1 Å². The minimum Gasteiger partial charge on any atom is -0.350 e. The minimum atomic E-state index is -2.66. The Morgan fingerprint density at radius 2 is 2.00 bits per heavy atom. The molecule has 1 heterocycles. The van der Waals surface area contributed by atoms with Crippen LogP contribution < -0.4 is 5.32 Å². The predicted molar refractivity (Wildman–Crippen MR) is 70.2 cm³/mol. The van der Waals surface area contributed by atoms with E-state index >= 15 is 0 Å². The van der Waals surface area contributed by atoms with E-state index in [0.29, 0.717) is 5.69 Å². The zero-order chi connectivity index (χ0) is 15.4. The molecule has 112 valence electrons. The number of halogens is 3. The first-order chi connectivity index (χ1) is 9.95. The van der Waals surface area contributed by atoms with Crippen molar-refractivity contribution in [1.29, 1.82) is 0 Å². The maximum Gasteiger partial charge on any atom is 0.282 e. The van der Waals surface area contributed by atoms with E-state index in [9.17, 15) is 18.0 Å². The van der Waals surface area contributed by atoms with Gasteiger partial charge in [-0.1, -0.05) is 12.1 Å². The lowest BCUT2D eigenvalue weighted by atomic mass is 10.2. The Morgan fingerprint density at radius 3 is 2.57 bits per heavy atom. The first-order valence-electron chi connectivity index (χ1n) is 6.29. The average Bonchev–Trinajstić information content (AvgIpc) is 2.80. The molecule has 4 nitrogen and oxygen atoms in total. The van der Waals surface area contributed by atoms with Gasteiger partial charge in [-0.05, 0) is 30.7 Å². The standard InChI is InChI=1S/C14H14F3N3O/c1-9-6-12(14(16)17)19-20(9)8-13(21)18-7-10-2-4-11(15)5-3-10/h2-6,14H,7-8H2,1H3,(H,18,21). The topological polar surface area (TPSA) is 46.9 Å². The Morgan fingerprint density at radius 1 is 1.33 bits per heavy atom. The molecule has 0 bridgehead atoms. The van der Waals surface area contributed by atoms with Gasteiger partial charge in [-0.25, -0.2) is 13.2 Å². The van der Waals surface area contributed by atoms with Crippen LogP contribution in [0.15, 0.2) is 30.3 Å². The zero-order valence-corrected chi connectivity index (χ0v) is 11.3. The van der Waals surface area contributed by atoms with Crippen LogP contribution in [-0.2, 0) is 17.9 Å². The second-order valence-electron chi connectivity index (χ2n) is 4.57. The van der Waals surface area contributed by atoms with Crippen LogP contribution in [0.5, 0.6) is 0 Å². The molecule has 0 unspecified atom stereocenters. The van der Waals surface area contributed by atoms with Gasteiger partial charge in [0.25, 0.3) is 6.43 Å². The molecule has 2 rings (SSSR count). The van der Waals surface area contributed by atoms with Crippen molar-refractivity contribution < 1.29 is 18.0 Å². The largest absolute Gasteiger partial charge is 0.350 e. The lowest BCUT2D eigenvalue weighted by Crippen LogP contribution is -2.28. The highest BCUT2D eigenvalue weighted by atomic mass is 19.3. The summed E-state index contributed by atoms with van der Waals surface area (Å²) in [5, 5.41) is 6.29. The molecule has 2 aromatic rings. The Kier molecular flexibility index (Phi) is 4.62. The van der Waals surface area contributed by atoms with Gasteiger partial charge in [0, 0.05) is 12.2 Å². The molecule has 0 aliphatic carbocycles. The van der Waals surface area contributed by atoms with Crippen LogP contribution in [0, 0.1) is 12.7 Å². The molecule has 0 aliphatic heterocycles. The number of carbonyl (C=O) groups excluding carboxylic acids is 1. The highest BCUT2D eigenvalue weighted by molar-refractivity contribution is 5.75. The number of carbonyl (C=O) groups is 1. The summed E-state index contributed by atoms with van der Waals surface area (Å²) in [5.41, 5.74) is 0.885. The van der Waals surface area contributed by atoms with E-state index in [2.05, 4.69) is 10.4 Å². The average molecular weight is 297 g/mol. The summed E-state index contributed by atoms with van der Waals surface area (Å²) in [4.78, 5) is 11.8. The van der Waals surface area contributed by atoms with E-state index in [0.717, 1.165) is 5.56 Å². The lowest BCUT2D eigenvalue weighted by molar-refractivity contribution is -0.122. The van der Waals surface area contributed by atoms with Gasteiger partial charge >= 0.3 is 0 Å². The molecule has 1 aromatic carbocycles. The number of benzene rings is 1. The molecule has 0 saturated heterocycles. The molecule has 0 fully saturated rings. The Labute approximate surface area is 119 Å². The summed E-state index contributed by atoms with van der Waals surface area (Å²) in [6, 6.07) is 6.97. The number of amides is 1. The van der Waals surface area contributed by atoms with Crippen LogP contribution in [0.4, 0.5) is 13.2 Å². The molecule has 21 heavy (non-hydrogen) atoms. The van der Waals surface area contributed by atoms with Crippen LogP contribution in [-0.4, -0.2) is 15.7 Å². The molecule has 1 amide bonds. The van der Waals surface area contributed by atoms with E-state index in [-0.39, 0.29) is 30.5 Å². The second kappa shape index (κ2) is 6.43. The van der Waals surface area contributed by atoms with Gasteiger partial charge in [-0.2, -0.15) is 5.10 Å². The number of nitrogens with zero attached hydrogens (tertiary/aromatic N) is 2. The molecule has 7 heteroatoms. The summed E-state index contributed by atoms with van der Waals surface area (Å²) in [6.07, 6.45) is -2.66. The lowest BCUT2D eigenvalue weighted by Gasteiger charge is -2.07. The van der Waals surface area contributed by atoms with Crippen LogP contribution in [0.3, 0.4) is 0 Å². The fourth-order valence-electron chi connectivity index (χ4n) is 1.80. The molecule has 1 N–H and O–H groups in total. The third kappa shape index (κ3) is 4.08. The van der Waals surface area contributed by atoms with Crippen molar-refractivity contribution in [2.45, 2.75) is 26.4 Å². The van der Waals surface area contributed by atoms with Gasteiger partial charge in [-0.3, -0.25) is 9.48 Å². The maximum absolute atomic E-state index is 12.7. The van der Waals surface area contributed by atoms with Crippen molar-refractivity contribution in [2.75, 3.05) is 0 Å². The fraction of sp³-hybridized carbons (Fsp3) is 0.286. The molecule has 0 radical (unpaired) electrons. The summed E-state index contributed by atoms with van der Waals surface area (Å²) >= 11 is 0. The molecule has 0 spiro atoms. The third-order valence-electron chi connectivity index (χ3n) is 2.92. The zero-order valence-electron chi connectivity index (χ0n) is 11.3. The van der Waals surface area contributed by atoms with Gasteiger partial charge < -0.3 is 5.32 Å². The number of hydrogen-bond acceptors (Lipinski definition) is 2. The van der Waals surface area contributed by atoms with Crippen LogP contribution in [0.1, 0.15) is 23.4 Å². The number of aromatic nitrogens is 2. The van der Waals surface area contributed by atoms with Gasteiger partial charge in [0.15, 0.2) is 0 Å². The van der Waals surface area contributed by atoms with Crippen molar-refractivity contribution >= 4 is 5.91 Å². The summed E-state index contributed by atoms with van der Waals surface area (Å²) in [5.74, 6) is -0.705. The molecular formula is C14H14F3N3O. The SMILES string of the molecule is Cc1cc(C(F)F)nn1CC(=O)NCc1ccc(F)cc1.